The van der Waals surface area contributed by atoms with Gasteiger partial charge in [-0.25, -0.2) is 0 Å². The van der Waals surface area contributed by atoms with E-state index in [0.717, 1.165) is 31.0 Å². The number of benzene rings is 1. The number of hydrogen-bond donors (Lipinski definition) is 2. The fourth-order valence-corrected chi connectivity index (χ4v) is 4.49. The first-order valence-electron chi connectivity index (χ1n) is 9.68. The maximum Gasteiger partial charge on any atom is 0.191 e. The Morgan fingerprint density at radius 1 is 1.30 bits per heavy atom. The zero-order chi connectivity index (χ0) is 18.0. The van der Waals surface area contributed by atoms with Crippen molar-refractivity contribution in [1.29, 1.82) is 0 Å². The first-order valence-corrected chi connectivity index (χ1v) is 9.68. The molecule has 1 aromatic carbocycles. The van der Waals surface area contributed by atoms with Crippen LogP contribution in [0, 0.1) is 5.41 Å². The predicted molar refractivity (Wildman–Crippen MR) is 121 cm³/mol. The van der Waals surface area contributed by atoms with Crippen LogP contribution in [0.25, 0.3) is 10.9 Å². The van der Waals surface area contributed by atoms with Gasteiger partial charge in [0.05, 0.1) is 11.6 Å². The van der Waals surface area contributed by atoms with E-state index in [1.165, 1.54) is 30.2 Å². The molecule has 0 bridgehead atoms. The Balaban J connectivity index is 0.00000210. The number of ether oxygens (including phenoxy) is 1. The number of guanidine groups is 1. The molecular weight excluding hydrogens is 451 g/mol. The van der Waals surface area contributed by atoms with E-state index in [9.17, 15) is 0 Å². The van der Waals surface area contributed by atoms with Crippen molar-refractivity contribution in [2.45, 2.75) is 51.3 Å². The third kappa shape index (κ3) is 3.78. The summed E-state index contributed by atoms with van der Waals surface area (Å²) in [5.41, 5.74) is 2.59. The Morgan fingerprint density at radius 2 is 2.11 bits per heavy atom. The van der Waals surface area contributed by atoms with Gasteiger partial charge in [0.2, 0.25) is 0 Å². The summed E-state index contributed by atoms with van der Waals surface area (Å²) in [5, 5.41) is 8.31. The van der Waals surface area contributed by atoms with E-state index in [1.54, 1.807) is 0 Å². The van der Waals surface area contributed by atoms with E-state index in [0.29, 0.717) is 17.6 Å². The van der Waals surface area contributed by atoms with Gasteiger partial charge in [0.1, 0.15) is 0 Å². The highest BCUT2D eigenvalue weighted by molar-refractivity contribution is 14.0. The van der Waals surface area contributed by atoms with Crippen LogP contribution in [0.15, 0.2) is 41.5 Å². The topological polar surface area (TPSA) is 58.5 Å². The highest BCUT2D eigenvalue weighted by Gasteiger charge is 2.59. The van der Waals surface area contributed by atoms with Crippen molar-refractivity contribution < 1.29 is 4.74 Å². The Hall–Kier alpha value is -1.41. The average Bonchev–Trinajstić information content (AvgIpc) is 2.62. The molecule has 2 fully saturated rings. The van der Waals surface area contributed by atoms with Crippen LogP contribution >= 0.6 is 24.0 Å². The molecule has 27 heavy (non-hydrogen) atoms. The van der Waals surface area contributed by atoms with E-state index in [4.69, 9.17) is 4.74 Å². The van der Waals surface area contributed by atoms with Gasteiger partial charge in [-0.3, -0.25) is 9.98 Å². The molecule has 6 heteroatoms. The van der Waals surface area contributed by atoms with Crippen LogP contribution in [-0.2, 0) is 11.3 Å². The minimum atomic E-state index is 0. The molecule has 0 radical (unpaired) electrons. The van der Waals surface area contributed by atoms with Crippen LogP contribution in [-0.4, -0.2) is 36.7 Å². The number of nitrogens with one attached hydrogen (secondary N) is 2. The molecule has 2 aliphatic rings. The minimum absolute atomic E-state index is 0. The highest BCUT2D eigenvalue weighted by atomic mass is 127. The van der Waals surface area contributed by atoms with Crippen molar-refractivity contribution in [2.24, 2.45) is 10.4 Å². The maximum atomic E-state index is 5.95. The number of pyridine rings is 1. The van der Waals surface area contributed by atoms with E-state index >= 15 is 0 Å². The molecule has 0 amide bonds. The number of aliphatic imine (C=N–C) groups is 1. The molecule has 4 rings (SSSR count). The van der Waals surface area contributed by atoms with Gasteiger partial charge in [0.25, 0.3) is 0 Å². The minimum Gasteiger partial charge on any atom is -0.378 e. The number of rotatable bonds is 5. The fraction of sp³-hybridized carbons (Fsp3) is 0.524. The highest BCUT2D eigenvalue weighted by Crippen LogP contribution is 2.57. The summed E-state index contributed by atoms with van der Waals surface area (Å²) < 4.78 is 5.95. The second kappa shape index (κ2) is 8.73. The molecule has 1 heterocycles. The molecule has 1 spiro atoms. The predicted octanol–water partition coefficient (Wildman–Crippen LogP) is 3.87. The third-order valence-electron chi connectivity index (χ3n) is 6.16. The summed E-state index contributed by atoms with van der Waals surface area (Å²) in [6.07, 6.45) is 7.21. The zero-order valence-electron chi connectivity index (χ0n) is 16.1. The molecule has 2 aliphatic carbocycles. The molecule has 2 aromatic rings. The average molecular weight is 480 g/mol. The normalized spacial score (nSPS) is 23.3. The van der Waals surface area contributed by atoms with Gasteiger partial charge in [0.15, 0.2) is 5.96 Å². The van der Waals surface area contributed by atoms with Crippen LogP contribution in [0.5, 0.6) is 0 Å². The number of para-hydroxylation sites is 1. The fourth-order valence-electron chi connectivity index (χ4n) is 4.49. The summed E-state index contributed by atoms with van der Waals surface area (Å²) in [6.45, 7) is 3.63. The van der Waals surface area contributed by atoms with Crippen molar-refractivity contribution in [3.05, 3.63) is 42.1 Å². The lowest BCUT2D eigenvalue weighted by molar-refractivity contribution is -0.168. The molecule has 2 atom stereocenters. The molecule has 146 valence electrons. The van der Waals surface area contributed by atoms with Crippen molar-refractivity contribution in [1.82, 2.24) is 15.6 Å². The van der Waals surface area contributed by atoms with Crippen molar-refractivity contribution in [3.8, 4) is 0 Å². The van der Waals surface area contributed by atoms with Gasteiger partial charge in [-0.05, 0) is 43.9 Å². The lowest BCUT2D eigenvalue weighted by Crippen LogP contribution is -2.68. The van der Waals surface area contributed by atoms with Crippen LogP contribution in [0.3, 0.4) is 0 Å². The van der Waals surface area contributed by atoms with Gasteiger partial charge < -0.3 is 15.4 Å². The lowest BCUT2D eigenvalue weighted by Gasteiger charge is -2.61. The standard InChI is InChI=1S/C21H28N4O.HI/c1-3-26-19-13-18(21(19)10-6-11-21)25-20(22-2)24-14-15-9-12-23-17-8-5-4-7-16(15)17;/h4-5,7-9,12,18-19H,3,6,10-11,13-14H2,1-2H3,(H2,22,24,25);1H. The third-order valence-corrected chi connectivity index (χ3v) is 6.16. The lowest BCUT2D eigenvalue weighted by atomic mass is 9.51. The SMILES string of the molecule is CCOC1CC(NC(=NC)NCc2ccnc3ccccc23)C12CCC2.I. The molecule has 2 saturated carbocycles. The van der Waals surface area contributed by atoms with Gasteiger partial charge >= 0.3 is 0 Å². The molecule has 5 nitrogen and oxygen atoms in total. The Morgan fingerprint density at radius 3 is 2.81 bits per heavy atom. The second-order valence-corrected chi connectivity index (χ2v) is 7.38. The van der Waals surface area contributed by atoms with E-state index in [-0.39, 0.29) is 24.0 Å². The van der Waals surface area contributed by atoms with Crippen molar-refractivity contribution >= 4 is 40.8 Å². The number of fused-ring (bicyclic) bond motifs is 1. The van der Waals surface area contributed by atoms with Crippen LogP contribution in [0.1, 0.15) is 38.2 Å². The van der Waals surface area contributed by atoms with Crippen molar-refractivity contribution in [2.75, 3.05) is 13.7 Å². The Kier molecular flexibility index (Phi) is 6.57. The first kappa shape index (κ1) is 20.3. The summed E-state index contributed by atoms with van der Waals surface area (Å²) in [4.78, 5) is 8.87. The quantitative estimate of drug-likeness (QED) is 0.388. The maximum absolute atomic E-state index is 5.95. The van der Waals surface area contributed by atoms with E-state index in [1.807, 2.05) is 19.3 Å². The Labute approximate surface area is 178 Å². The van der Waals surface area contributed by atoms with Gasteiger partial charge in [-0.1, -0.05) is 24.6 Å². The summed E-state index contributed by atoms with van der Waals surface area (Å²) in [5.74, 6) is 0.872. The molecule has 0 saturated heterocycles. The number of aromatic nitrogens is 1. The largest absolute Gasteiger partial charge is 0.378 e. The smallest absolute Gasteiger partial charge is 0.191 e. The van der Waals surface area contributed by atoms with E-state index < -0.39 is 0 Å². The van der Waals surface area contributed by atoms with E-state index in [2.05, 4.69) is 51.8 Å². The molecule has 1 aromatic heterocycles. The summed E-state index contributed by atoms with van der Waals surface area (Å²) in [7, 11) is 1.84. The monoisotopic (exact) mass is 480 g/mol. The zero-order valence-corrected chi connectivity index (χ0v) is 18.4. The molecule has 0 aliphatic heterocycles. The van der Waals surface area contributed by atoms with Crippen molar-refractivity contribution in [3.63, 3.8) is 0 Å². The second-order valence-electron chi connectivity index (χ2n) is 7.38. The number of hydrogen-bond acceptors (Lipinski definition) is 3. The number of nitrogens with zero attached hydrogens (tertiary/aromatic N) is 2. The summed E-state index contributed by atoms with van der Waals surface area (Å²) >= 11 is 0. The van der Waals surface area contributed by atoms with Gasteiger partial charge in [-0.2, -0.15) is 0 Å². The van der Waals surface area contributed by atoms with Crippen LogP contribution < -0.4 is 10.6 Å². The first-order chi connectivity index (χ1) is 12.8. The van der Waals surface area contributed by atoms with Crippen LogP contribution in [0.4, 0.5) is 0 Å². The van der Waals surface area contributed by atoms with Gasteiger partial charge in [-0.15, -0.1) is 24.0 Å². The number of halogens is 1. The van der Waals surface area contributed by atoms with Gasteiger partial charge in [0, 0.05) is 43.2 Å². The summed E-state index contributed by atoms with van der Waals surface area (Å²) in [6, 6.07) is 10.8. The molecular formula is C21H29IN4O. The molecule has 2 unspecified atom stereocenters. The molecule has 2 N–H and O–H groups in total. The Bertz CT molecular complexity index is 800. The van der Waals surface area contributed by atoms with Crippen LogP contribution in [0.2, 0.25) is 0 Å².